The normalized spacial score (nSPS) is 14.0. The van der Waals surface area contributed by atoms with Gasteiger partial charge in [-0.25, -0.2) is 4.98 Å². The second-order valence-electron chi connectivity index (χ2n) is 7.04. The molecule has 0 aliphatic carbocycles. The van der Waals surface area contributed by atoms with Gasteiger partial charge in [-0.1, -0.05) is 24.3 Å². The quantitative estimate of drug-likeness (QED) is 0.466. The predicted molar refractivity (Wildman–Crippen MR) is 114 cm³/mol. The molecule has 0 unspecified atom stereocenters. The Kier molecular flexibility index (Phi) is 4.55. The van der Waals surface area contributed by atoms with Crippen LogP contribution in [0.25, 0.3) is 22.2 Å². The fraction of sp³-hybridized carbons (Fsp3) is 0.0833. The van der Waals surface area contributed by atoms with E-state index >= 15 is 0 Å². The van der Waals surface area contributed by atoms with Crippen LogP contribution in [-0.4, -0.2) is 33.7 Å². The molecule has 7 nitrogen and oxygen atoms in total. The first-order chi connectivity index (χ1) is 15.1. The molecular weight excluding hydrogens is 394 g/mol. The molecule has 0 N–H and O–H groups in total. The summed E-state index contributed by atoms with van der Waals surface area (Å²) in [7, 11) is 1.48. The second kappa shape index (κ2) is 7.53. The topological polar surface area (TPSA) is 85.5 Å². The van der Waals surface area contributed by atoms with Gasteiger partial charge in [-0.3, -0.25) is 19.5 Å². The van der Waals surface area contributed by atoms with E-state index in [0.717, 1.165) is 10.4 Å². The van der Waals surface area contributed by atoms with Crippen molar-refractivity contribution >= 4 is 34.1 Å². The first-order valence-corrected chi connectivity index (χ1v) is 9.66. The minimum Gasteiger partial charge on any atom is -0.484 e. The maximum absolute atomic E-state index is 12.8. The van der Waals surface area contributed by atoms with Crippen molar-refractivity contribution in [2.45, 2.75) is 6.61 Å². The van der Waals surface area contributed by atoms with Gasteiger partial charge in [0.15, 0.2) is 12.2 Å². The van der Waals surface area contributed by atoms with Gasteiger partial charge >= 0.3 is 0 Å². The zero-order chi connectivity index (χ0) is 21.4. The van der Waals surface area contributed by atoms with Crippen LogP contribution >= 0.6 is 0 Å². The number of imide groups is 1. The van der Waals surface area contributed by atoms with Crippen molar-refractivity contribution in [3.8, 4) is 5.75 Å². The van der Waals surface area contributed by atoms with Crippen molar-refractivity contribution in [3.05, 3.63) is 90.1 Å². The van der Waals surface area contributed by atoms with E-state index in [2.05, 4.69) is 9.97 Å². The Morgan fingerprint density at radius 1 is 0.871 bits per heavy atom. The number of hydrogen-bond donors (Lipinski definition) is 0. The molecule has 7 heteroatoms. The molecular formula is C24H17N3O4. The van der Waals surface area contributed by atoms with E-state index in [9.17, 15) is 9.59 Å². The summed E-state index contributed by atoms with van der Waals surface area (Å²) in [6.45, 7) is 0.180. The summed E-state index contributed by atoms with van der Waals surface area (Å²) in [5, 5.41) is 0. The summed E-state index contributed by atoms with van der Waals surface area (Å²) in [5.74, 6) is 0.410. The Bertz CT molecular complexity index is 1290. The lowest BCUT2D eigenvalue weighted by Crippen LogP contribution is -2.26. The van der Waals surface area contributed by atoms with E-state index in [0.29, 0.717) is 39.5 Å². The molecule has 0 bridgehead atoms. The van der Waals surface area contributed by atoms with E-state index in [1.165, 1.54) is 7.05 Å². The maximum atomic E-state index is 12.8. The van der Waals surface area contributed by atoms with E-state index in [1.54, 1.807) is 48.8 Å². The molecule has 2 aromatic carbocycles. The Hall–Kier alpha value is -4.26. The lowest BCUT2D eigenvalue weighted by molar-refractivity contribution is -0.134. The first kappa shape index (κ1) is 18.7. The number of pyridine rings is 1. The van der Waals surface area contributed by atoms with Crippen LogP contribution in [0.15, 0.2) is 77.5 Å². The number of carbonyl (C=O) groups excluding carboxylic acids is 2. The fourth-order valence-electron chi connectivity index (χ4n) is 3.54. The molecule has 0 radical (unpaired) electrons. The third kappa shape index (κ3) is 3.36. The van der Waals surface area contributed by atoms with Crippen molar-refractivity contribution in [2.75, 3.05) is 7.05 Å². The van der Waals surface area contributed by atoms with Crippen LogP contribution in [0.1, 0.15) is 17.0 Å². The number of rotatable bonds is 5. The Labute approximate surface area is 177 Å². The van der Waals surface area contributed by atoms with Crippen LogP contribution in [0.3, 0.4) is 0 Å². The van der Waals surface area contributed by atoms with Gasteiger partial charge in [0.1, 0.15) is 11.3 Å². The number of carbonyl (C=O) groups is 2. The Morgan fingerprint density at radius 2 is 1.52 bits per heavy atom. The van der Waals surface area contributed by atoms with Gasteiger partial charge in [0.2, 0.25) is 5.89 Å². The average molecular weight is 411 g/mol. The molecule has 4 aromatic rings. The highest BCUT2D eigenvalue weighted by Gasteiger charge is 2.37. The smallest absolute Gasteiger partial charge is 0.261 e. The van der Waals surface area contributed by atoms with E-state index < -0.39 is 0 Å². The number of likely N-dealkylation sites (N-methyl/N-ethyl adjacent to an activating group) is 1. The van der Waals surface area contributed by atoms with Gasteiger partial charge in [-0.2, -0.15) is 0 Å². The average Bonchev–Trinajstić information content (AvgIpc) is 3.33. The summed E-state index contributed by atoms with van der Waals surface area (Å²) in [6.07, 6.45) is 3.19. The molecule has 5 rings (SSSR count). The molecule has 0 saturated heterocycles. The molecule has 2 amide bonds. The molecule has 0 saturated carbocycles. The summed E-state index contributed by atoms with van der Waals surface area (Å²) < 4.78 is 11.4. The highest BCUT2D eigenvalue weighted by atomic mass is 16.5. The number of aromatic nitrogens is 2. The van der Waals surface area contributed by atoms with Crippen LogP contribution in [0.2, 0.25) is 0 Å². The third-order valence-electron chi connectivity index (χ3n) is 5.10. The van der Waals surface area contributed by atoms with Crippen LogP contribution in [-0.2, 0) is 16.2 Å². The molecule has 1 aliphatic heterocycles. The minimum atomic E-state index is -0.336. The van der Waals surface area contributed by atoms with Crippen molar-refractivity contribution in [3.63, 3.8) is 0 Å². The number of amides is 2. The lowest BCUT2D eigenvalue weighted by Gasteiger charge is -2.08. The predicted octanol–water partition coefficient (Wildman–Crippen LogP) is 3.71. The van der Waals surface area contributed by atoms with Gasteiger partial charge in [-0.15, -0.1) is 0 Å². The largest absolute Gasteiger partial charge is 0.484 e. The number of oxazole rings is 1. The zero-order valence-corrected chi connectivity index (χ0v) is 16.6. The molecule has 2 aromatic heterocycles. The van der Waals surface area contributed by atoms with Crippen LogP contribution in [0, 0.1) is 0 Å². The number of fused-ring (bicyclic) bond motifs is 1. The summed E-state index contributed by atoms with van der Waals surface area (Å²) >= 11 is 0. The van der Waals surface area contributed by atoms with Crippen molar-refractivity contribution < 1.29 is 18.7 Å². The number of nitrogens with zero attached hydrogens (tertiary/aromatic N) is 3. The van der Waals surface area contributed by atoms with Crippen molar-refractivity contribution in [2.24, 2.45) is 0 Å². The van der Waals surface area contributed by atoms with Gasteiger partial charge in [0, 0.05) is 19.4 Å². The van der Waals surface area contributed by atoms with Gasteiger partial charge < -0.3 is 9.15 Å². The molecule has 31 heavy (non-hydrogen) atoms. The second-order valence-corrected chi connectivity index (χ2v) is 7.04. The molecule has 3 heterocycles. The van der Waals surface area contributed by atoms with Gasteiger partial charge in [0.25, 0.3) is 11.8 Å². The van der Waals surface area contributed by atoms with E-state index in [1.807, 2.05) is 24.3 Å². The molecule has 0 fully saturated rings. The van der Waals surface area contributed by atoms with Crippen LogP contribution in [0.4, 0.5) is 0 Å². The van der Waals surface area contributed by atoms with Gasteiger partial charge in [-0.05, 0) is 47.5 Å². The lowest BCUT2D eigenvalue weighted by atomic mass is 9.97. The standard InChI is InChI=1S/C24H17N3O4/c1-27-23(28)21(22(24(27)29)16-10-12-25-13-11-16)15-6-8-17(9-7-15)30-14-20-26-18-4-2-3-5-19(18)31-20/h2-13H,14H2,1H3. The first-order valence-electron chi connectivity index (χ1n) is 9.66. The van der Waals surface area contributed by atoms with Crippen molar-refractivity contribution in [1.29, 1.82) is 0 Å². The van der Waals surface area contributed by atoms with E-state index in [4.69, 9.17) is 9.15 Å². The number of para-hydroxylation sites is 2. The van der Waals surface area contributed by atoms with Crippen LogP contribution in [0.5, 0.6) is 5.75 Å². The Balaban J connectivity index is 1.41. The molecule has 0 atom stereocenters. The SMILES string of the molecule is CN1C(=O)C(c2ccncc2)=C(c2ccc(OCc3nc4ccccc4o3)cc2)C1=O. The number of benzene rings is 2. The summed E-state index contributed by atoms with van der Waals surface area (Å²) in [5.41, 5.74) is 3.52. The molecule has 0 spiro atoms. The monoisotopic (exact) mass is 411 g/mol. The number of ether oxygens (including phenoxy) is 1. The highest BCUT2D eigenvalue weighted by Crippen LogP contribution is 2.35. The van der Waals surface area contributed by atoms with Crippen LogP contribution < -0.4 is 4.74 Å². The van der Waals surface area contributed by atoms with Gasteiger partial charge in [0.05, 0.1) is 11.1 Å². The van der Waals surface area contributed by atoms with Crippen molar-refractivity contribution in [1.82, 2.24) is 14.9 Å². The third-order valence-corrected chi connectivity index (χ3v) is 5.10. The highest BCUT2D eigenvalue weighted by molar-refractivity contribution is 6.48. The summed E-state index contributed by atoms with van der Waals surface area (Å²) in [4.78, 5) is 34.9. The number of hydrogen-bond acceptors (Lipinski definition) is 6. The summed E-state index contributed by atoms with van der Waals surface area (Å²) in [6, 6.07) is 18.0. The Morgan fingerprint density at radius 3 is 2.19 bits per heavy atom. The van der Waals surface area contributed by atoms with E-state index in [-0.39, 0.29) is 18.4 Å². The molecule has 1 aliphatic rings. The molecule has 152 valence electrons. The zero-order valence-electron chi connectivity index (χ0n) is 16.6. The minimum absolute atomic E-state index is 0.180. The maximum Gasteiger partial charge on any atom is 0.261 e. The fourth-order valence-corrected chi connectivity index (χ4v) is 3.54.